The summed E-state index contributed by atoms with van der Waals surface area (Å²) in [5.41, 5.74) is 0.711. The second kappa shape index (κ2) is 8.70. The van der Waals surface area contributed by atoms with Crippen molar-refractivity contribution in [1.29, 1.82) is 0 Å². The van der Waals surface area contributed by atoms with Crippen LogP contribution in [0.15, 0.2) is 42.5 Å². The molecule has 0 aliphatic carbocycles. The van der Waals surface area contributed by atoms with Crippen LogP contribution in [-0.2, 0) is 14.3 Å². The Kier molecular flexibility index (Phi) is 6.37. The van der Waals surface area contributed by atoms with E-state index in [1.807, 2.05) is 0 Å². The zero-order chi connectivity index (χ0) is 19.1. The summed E-state index contributed by atoms with van der Waals surface area (Å²) in [5, 5.41) is 4.51. The molecule has 0 aromatic heterocycles. The first-order valence-electron chi connectivity index (χ1n) is 7.60. The first-order valence-corrected chi connectivity index (χ1v) is 7.60. The van der Waals surface area contributed by atoms with Crippen LogP contribution in [-0.4, -0.2) is 30.9 Å². The van der Waals surface area contributed by atoms with Gasteiger partial charge >= 0.3 is 5.97 Å². The van der Waals surface area contributed by atoms with E-state index in [1.165, 1.54) is 30.3 Å². The second-order valence-electron chi connectivity index (χ2n) is 5.39. The Hall–Kier alpha value is -3.29. The maximum Gasteiger partial charge on any atom is 0.325 e. The summed E-state index contributed by atoms with van der Waals surface area (Å²) < 4.78 is 31.3. The lowest BCUT2D eigenvalue weighted by Crippen LogP contribution is -2.32. The second-order valence-corrected chi connectivity index (χ2v) is 5.39. The van der Waals surface area contributed by atoms with Gasteiger partial charge in [0.15, 0.2) is 6.61 Å². The number of benzene rings is 2. The molecule has 0 bridgehead atoms. The van der Waals surface area contributed by atoms with Crippen molar-refractivity contribution in [2.24, 2.45) is 0 Å². The van der Waals surface area contributed by atoms with Gasteiger partial charge in [0.05, 0.1) is 5.69 Å². The number of ether oxygens (including phenoxy) is 1. The van der Waals surface area contributed by atoms with Gasteiger partial charge in [0.25, 0.3) is 11.8 Å². The van der Waals surface area contributed by atoms with Crippen LogP contribution in [0.25, 0.3) is 0 Å². The van der Waals surface area contributed by atoms with Crippen LogP contribution in [0.5, 0.6) is 0 Å². The van der Waals surface area contributed by atoms with Gasteiger partial charge in [0.1, 0.15) is 18.2 Å². The normalized spacial score (nSPS) is 10.1. The average Bonchev–Trinajstić information content (AvgIpc) is 2.60. The average molecular weight is 362 g/mol. The fourth-order valence-corrected chi connectivity index (χ4v) is 1.99. The molecule has 0 saturated carbocycles. The molecule has 136 valence electrons. The fourth-order valence-electron chi connectivity index (χ4n) is 1.99. The molecule has 0 heterocycles. The predicted octanol–water partition coefficient (Wildman–Crippen LogP) is 2.18. The molecule has 0 fully saturated rings. The third kappa shape index (κ3) is 5.66. The van der Waals surface area contributed by atoms with Crippen LogP contribution in [0, 0.1) is 18.6 Å². The van der Waals surface area contributed by atoms with E-state index in [-0.39, 0.29) is 11.3 Å². The number of anilines is 1. The van der Waals surface area contributed by atoms with Crippen molar-refractivity contribution in [3.05, 3.63) is 65.2 Å². The van der Waals surface area contributed by atoms with Gasteiger partial charge in [-0.15, -0.1) is 0 Å². The summed E-state index contributed by atoms with van der Waals surface area (Å²) in [6, 6.07) is 9.20. The lowest BCUT2D eigenvalue weighted by Gasteiger charge is -2.08. The molecule has 2 aromatic rings. The van der Waals surface area contributed by atoms with Gasteiger partial charge in [-0.1, -0.05) is 12.1 Å². The smallest absolute Gasteiger partial charge is 0.325 e. The van der Waals surface area contributed by atoms with E-state index in [4.69, 9.17) is 0 Å². The van der Waals surface area contributed by atoms with E-state index in [2.05, 4.69) is 15.4 Å². The van der Waals surface area contributed by atoms with Gasteiger partial charge in [0.2, 0.25) is 0 Å². The summed E-state index contributed by atoms with van der Waals surface area (Å²) in [6.45, 7) is 0.568. The van der Waals surface area contributed by atoms with E-state index in [9.17, 15) is 23.2 Å². The molecule has 0 radical (unpaired) electrons. The van der Waals surface area contributed by atoms with Crippen molar-refractivity contribution in [3.63, 3.8) is 0 Å². The first kappa shape index (κ1) is 19.0. The maximum atomic E-state index is 13.6. The Morgan fingerprint density at radius 1 is 1.08 bits per heavy atom. The van der Waals surface area contributed by atoms with Crippen LogP contribution in [0.4, 0.5) is 14.5 Å². The van der Waals surface area contributed by atoms with Crippen molar-refractivity contribution in [2.45, 2.75) is 6.92 Å². The molecule has 0 spiro atoms. The summed E-state index contributed by atoms with van der Waals surface area (Å²) in [5.74, 6) is -3.44. The molecule has 2 N–H and O–H groups in total. The summed E-state index contributed by atoms with van der Waals surface area (Å²) >= 11 is 0. The number of hydrogen-bond donors (Lipinski definition) is 2. The van der Waals surface area contributed by atoms with Crippen molar-refractivity contribution in [3.8, 4) is 0 Å². The van der Waals surface area contributed by atoms with Gasteiger partial charge in [-0.3, -0.25) is 14.4 Å². The highest BCUT2D eigenvalue weighted by Gasteiger charge is 2.12. The molecule has 26 heavy (non-hydrogen) atoms. The van der Waals surface area contributed by atoms with Crippen LogP contribution in [0.2, 0.25) is 0 Å². The number of carbonyl (C=O) groups is 3. The van der Waals surface area contributed by atoms with Gasteiger partial charge in [0, 0.05) is 5.56 Å². The Labute approximate surface area is 148 Å². The van der Waals surface area contributed by atoms with E-state index >= 15 is 0 Å². The predicted molar refractivity (Wildman–Crippen MR) is 89.5 cm³/mol. The van der Waals surface area contributed by atoms with Gasteiger partial charge in [-0.25, -0.2) is 8.78 Å². The molecule has 0 aliphatic rings. The number of rotatable bonds is 6. The lowest BCUT2D eigenvalue weighted by atomic mass is 10.2. The molecule has 2 amide bonds. The number of amides is 2. The van der Waals surface area contributed by atoms with Crippen LogP contribution < -0.4 is 10.6 Å². The van der Waals surface area contributed by atoms with Crippen LogP contribution in [0.1, 0.15) is 15.9 Å². The first-order chi connectivity index (χ1) is 12.3. The fraction of sp³-hybridized carbons (Fsp3) is 0.167. The van der Waals surface area contributed by atoms with Crippen molar-refractivity contribution in [2.75, 3.05) is 18.5 Å². The van der Waals surface area contributed by atoms with E-state index in [0.29, 0.717) is 5.56 Å². The third-order valence-electron chi connectivity index (χ3n) is 3.24. The highest BCUT2D eigenvalue weighted by atomic mass is 19.1. The molecule has 0 aliphatic heterocycles. The van der Waals surface area contributed by atoms with E-state index in [1.54, 1.807) is 13.0 Å². The highest BCUT2D eigenvalue weighted by Crippen LogP contribution is 2.14. The number of hydrogen-bond acceptors (Lipinski definition) is 4. The molecule has 6 nitrogen and oxygen atoms in total. The number of carbonyl (C=O) groups excluding carboxylic acids is 3. The summed E-state index contributed by atoms with van der Waals surface area (Å²) in [6.07, 6.45) is 0. The summed E-state index contributed by atoms with van der Waals surface area (Å²) in [4.78, 5) is 35.0. The number of halogens is 2. The molecular weight excluding hydrogens is 346 g/mol. The lowest BCUT2D eigenvalue weighted by molar-refractivity contribution is -0.146. The number of nitrogens with one attached hydrogen (secondary N) is 2. The quantitative estimate of drug-likeness (QED) is 0.772. The monoisotopic (exact) mass is 362 g/mol. The van der Waals surface area contributed by atoms with E-state index < -0.39 is 42.6 Å². The topological polar surface area (TPSA) is 84.5 Å². The largest absolute Gasteiger partial charge is 0.454 e. The zero-order valence-electron chi connectivity index (χ0n) is 13.8. The molecule has 0 unspecified atom stereocenters. The summed E-state index contributed by atoms with van der Waals surface area (Å²) in [7, 11) is 0. The molecular formula is C18H16F2N2O4. The SMILES string of the molecule is Cc1ccc(NC(=O)COC(=O)CNC(=O)c2cccc(F)c2)c(F)c1. The van der Waals surface area contributed by atoms with Crippen molar-refractivity contribution >= 4 is 23.5 Å². The Morgan fingerprint density at radius 2 is 1.85 bits per heavy atom. The van der Waals surface area contributed by atoms with Crippen LogP contribution in [0.3, 0.4) is 0 Å². The Bertz CT molecular complexity index is 840. The van der Waals surface area contributed by atoms with Crippen molar-refractivity contribution in [1.82, 2.24) is 5.32 Å². The van der Waals surface area contributed by atoms with Crippen LogP contribution >= 0.6 is 0 Å². The maximum absolute atomic E-state index is 13.6. The third-order valence-corrected chi connectivity index (χ3v) is 3.24. The molecule has 0 atom stereocenters. The number of aryl methyl sites for hydroxylation is 1. The molecule has 2 rings (SSSR count). The number of esters is 1. The standard InChI is InChI=1S/C18H16F2N2O4/c1-11-5-6-15(14(20)7-11)22-16(23)10-26-17(24)9-21-18(25)12-3-2-4-13(19)8-12/h2-8H,9-10H2,1H3,(H,21,25)(H,22,23). The Morgan fingerprint density at radius 3 is 2.54 bits per heavy atom. The van der Waals surface area contributed by atoms with Gasteiger partial charge in [-0.2, -0.15) is 0 Å². The Balaban J connectivity index is 1.76. The highest BCUT2D eigenvalue weighted by molar-refractivity contribution is 5.96. The minimum Gasteiger partial charge on any atom is -0.454 e. The molecule has 2 aromatic carbocycles. The molecule has 8 heteroatoms. The van der Waals surface area contributed by atoms with Gasteiger partial charge in [-0.05, 0) is 42.8 Å². The molecule has 0 saturated heterocycles. The van der Waals surface area contributed by atoms with Gasteiger partial charge < -0.3 is 15.4 Å². The zero-order valence-corrected chi connectivity index (χ0v) is 13.8. The van der Waals surface area contributed by atoms with E-state index in [0.717, 1.165) is 6.07 Å². The minimum atomic E-state index is -0.866. The minimum absolute atomic E-state index is 0.0314. The van der Waals surface area contributed by atoms with Crippen molar-refractivity contribution < 1.29 is 27.9 Å².